The lowest BCUT2D eigenvalue weighted by molar-refractivity contribution is 0.0185. The van der Waals surface area contributed by atoms with Crippen LogP contribution in [0.4, 0.5) is 16.6 Å². The van der Waals surface area contributed by atoms with E-state index in [1.54, 1.807) is 28.1 Å². The van der Waals surface area contributed by atoms with Gasteiger partial charge in [-0.1, -0.05) is 0 Å². The van der Waals surface area contributed by atoms with Gasteiger partial charge in [-0.3, -0.25) is 9.69 Å². The largest absolute Gasteiger partial charge is 0.493 e. The molecule has 0 spiro atoms. The van der Waals surface area contributed by atoms with E-state index < -0.39 is 11.7 Å². The highest BCUT2D eigenvalue weighted by molar-refractivity contribution is 6.06. The molecule has 3 aliphatic rings. The van der Waals surface area contributed by atoms with Gasteiger partial charge in [0.05, 0.1) is 18.8 Å². The third-order valence-corrected chi connectivity index (χ3v) is 7.60. The summed E-state index contributed by atoms with van der Waals surface area (Å²) in [6, 6.07) is 7.23. The number of hydrogen-bond acceptors (Lipinski definition) is 8. The van der Waals surface area contributed by atoms with Gasteiger partial charge in [-0.2, -0.15) is 4.98 Å². The Morgan fingerprint density at radius 2 is 1.97 bits per heavy atom. The Hall–Kier alpha value is -3.40. The number of ether oxygens (including phenoxy) is 2. The molecule has 2 aromatic rings. The smallest absolute Gasteiger partial charge is 0.410 e. The van der Waals surface area contributed by atoms with E-state index in [0.717, 1.165) is 49.8 Å². The first-order chi connectivity index (χ1) is 18.7. The molecule has 39 heavy (non-hydrogen) atoms. The van der Waals surface area contributed by atoms with Crippen LogP contribution in [0.25, 0.3) is 0 Å². The van der Waals surface area contributed by atoms with Crippen molar-refractivity contribution in [3.8, 4) is 5.75 Å². The van der Waals surface area contributed by atoms with Crippen LogP contribution >= 0.6 is 0 Å². The van der Waals surface area contributed by atoms with Gasteiger partial charge >= 0.3 is 6.09 Å². The number of benzene rings is 1. The molecule has 1 aromatic heterocycles. The van der Waals surface area contributed by atoms with Crippen molar-refractivity contribution >= 4 is 23.8 Å². The van der Waals surface area contributed by atoms with Crippen LogP contribution in [0.15, 0.2) is 30.5 Å². The fourth-order valence-corrected chi connectivity index (χ4v) is 5.48. The summed E-state index contributed by atoms with van der Waals surface area (Å²) in [5.41, 5.74) is 1.09. The summed E-state index contributed by atoms with van der Waals surface area (Å²) < 4.78 is 11.2. The predicted octanol–water partition coefficient (Wildman–Crippen LogP) is 4.03. The number of nitrogens with zero attached hydrogens (tertiary/aromatic N) is 4. The van der Waals surface area contributed by atoms with Crippen LogP contribution in [0.1, 0.15) is 68.8 Å². The summed E-state index contributed by atoms with van der Waals surface area (Å²) in [6.07, 6.45) is 5.77. The number of likely N-dealkylation sites (tertiary alicyclic amines) is 1. The van der Waals surface area contributed by atoms with Crippen LogP contribution < -0.4 is 15.0 Å². The van der Waals surface area contributed by atoms with Crippen LogP contribution in [0.2, 0.25) is 0 Å². The number of aromatic nitrogens is 2. The van der Waals surface area contributed by atoms with Gasteiger partial charge in [0.2, 0.25) is 5.95 Å². The van der Waals surface area contributed by atoms with Crippen LogP contribution in [0.3, 0.4) is 0 Å². The summed E-state index contributed by atoms with van der Waals surface area (Å²) in [6.45, 7) is 7.85. The highest BCUT2D eigenvalue weighted by Crippen LogP contribution is 2.29. The molecule has 2 atom stereocenters. The van der Waals surface area contributed by atoms with E-state index in [2.05, 4.69) is 10.3 Å². The first-order valence-corrected chi connectivity index (χ1v) is 14.0. The number of aliphatic hydroxyl groups excluding tert-OH is 1. The van der Waals surface area contributed by atoms with Crippen molar-refractivity contribution in [2.45, 2.75) is 77.0 Å². The number of nitrogens with one attached hydrogen (secondary N) is 1. The number of hydrogen-bond donors (Lipinski definition) is 2. The molecule has 2 aliphatic heterocycles. The summed E-state index contributed by atoms with van der Waals surface area (Å²) in [7, 11) is 0. The Kier molecular flexibility index (Phi) is 7.93. The van der Waals surface area contributed by atoms with Crippen LogP contribution in [0, 0.1) is 5.92 Å². The van der Waals surface area contributed by atoms with Gasteiger partial charge in [0, 0.05) is 37.8 Å². The van der Waals surface area contributed by atoms with Gasteiger partial charge in [0.1, 0.15) is 17.2 Å². The Bertz CT molecular complexity index is 1190. The molecule has 2 unspecified atom stereocenters. The third kappa shape index (κ3) is 6.61. The fourth-order valence-electron chi connectivity index (χ4n) is 5.48. The van der Waals surface area contributed by atoms with E-state index in [1.165, 1.54) is 0 Å². The Morgan fingerprint density at radius 1 is 1.18 bits per heavy atom. The molecule has 10 nitrogen and oxygen atoms in total. The zero-order valence-electron chi connectivity index (χ0n) is 23.1. The number of anilines is 2. The number of carbonyl (C=O) groups is 2. The van der Waals surface area contributed by atoms with Crippen LogP contribution in [-0.2, 0) is 11.2 Å². The molecule has 0 radical (unpaired) electrons. The first-order valence-electron chi connectivity index (χ1n) is 14.0. The number of rotatable bonds is 6. The molecule has 2 fully saturated rings. The van der Waals surface area contributed by atoms with Crippen molar-refractivity contribution in [3.05, 3.63) is 41.6 Å². The summed E-state index contributed by atoms with van der Waals surface area (Å²) in [4.78, 5) is 39.0. The highest BCUT2D eigenvalue weighted by atomic mass is 16.6. The lowest BCUT2D eigenvalue weighted by Crippen LogP contribution is -2.45. The Balaban J connectivity index is 1.34. The number of fused-ring (bicyclic) bond motifs is 1. The lowest BCUT2D eigenvalue weighted by atomic mass is 9.96. The van der Waals surface area contributed by atoms with E-state index in [1.807, 2.05) is 32.9 Å². The molecule has 0 bridgehead atoms. The zero-order valence-corrected chi connectivity index (χ0v) is 23.1. The second-order valence-electron chi connectivity index (χ2n) is 11.7. The van der Waals surface area contributed by atoms with Crippen molar-refractivity contribution in [1.82, 2.24) is 14.9 Å². The van der Waals surface area contributed by atoms with E-state index in [4.69, 9.17) is 14.5 Å². The minimum atomic E-state index is -0.536. The molecule has 1 saturated carbocycles. The molecular formula is C29H39N5O5. The van der Waals surface area contributed by atoms with Gasteiger partial charge in [-0.05, 0) is 88.6 Å². The average Bonchev–Trinajstić information content (AvgIpc) is 3.54. The zero-order chi connectivity index (χ0) is 27.6. The maximum atomic E-state index is 13.9. The maximum absolute atomic E-state index is 13.9. The minimum absolute atomic E-state index is 0.0988. The van der Waals surface area contributed by atoms with Gasteiger partial charge < -0.3 is 24.8 Å². The van der Waals surface area contributed by atoms with E-state index in [0.29, 0.717) is 43.6 Å². The quantitative estimate of drug-likeness (QED) is 0.567. The van der Waals surface area contributed by atoms with Gasteiger partial charge in [0.15, 0.2) is 0 Å². The molecule has 210 valence electrons. The SMILES string of the molecule is CC(C)(C)OC(=O)N1CCC(CN(C(=O)c2ccc3c(c2)CCO3)c2ccnc(NC3CCCC3O)n2)CC1. The molecular weight excluding hydrogens is 498 g/mol. The summed E-state index contributed by atoms with van der Waals surface area (Å²) in [5.74, 6) is 1.80. The lowest BCUT2D eigenvalue weighted by Gasteiger charge is -2.35. The highest BCUT2D eigenvalue weighted by Gasteiger charge is 2.31. The van der Waals surface area contributed by atoms with Crippen molar-refractivity contribution in [2.24, 2.45) is 5.92 Å². The number of aliphatic hydroxyl groups is 1. The molecule has 10 heteroatoms. The molecule has 5 rings (SSSR count). The van der Waals surface area contributed by atoms with E-state index in [-0.39, 0.29) is 24.0 Å². The topological polar surface area (TPSA) is 117 Å². The number of amides is 2. The monoisotopic (exact) mass is 537 g/mol. The minimum Gasteiger partial charge on any atom is -0.493 e. The standard InChI is InChI=1S/C29H39N5O5/c1-29(2,3)39-28(37)33-14-10-19(11-15-33)18-34(26(36)21-7-8-24-20(17-21)12-16-38-24)25-9-13-30-27(32-25)31-22-5-4-6-23(22)35/h7-9,13,17,19,22-23,35H,4-6,10-12,14-16,18H2,1-3H3,(H,30,31,32). The van der Waals surface area contributed by atoms with Gasteiger partial charge in [0.25, 0.3) is 5.91 Å². The van der Waals surface area contributed by atoms with Gasteiger partial charge in [-0.25, -0.2) is 9.78 Å². The Labute approximate surface area is 229 Å². The van der Waals surface area contributed by atoms with Crippen molar-refractivity contribution < 1.29 is 24.2 Å². The predicted molar refractivity (Wildman–Crippen MR) is 147 cm³/mol. The van der Waals surface area contributed by atoms with Crippen molar-refractivity contribution in [1.29, 1.82) is 0 Å². The molecule has 1 aromatic carbocycles. The maximum Gasteiger partial charge on any atom is 0.410 e. The second-order valence-corrected chi connectivity index (χ2v) is 11.7. The van der Waals surface area contributed by atoms with Crippen LogP contribution in [-0.4, -0.2) is 76.0 Å². The third-order valence-electron chi connectivity index (χ3n) is 7.60. The number of piperidine rings is 1. The van der Waals surface area contributed by atoms with Gasteiger partial charge in [-0.15, -0.1) is 0 Å². The van der Waals surface area contributed by atoms with Crippen molar-refractivity contribution in [2.75, 3.05) is 36.5 Å². The second kappa shape index (κ2) is 11.4. The first kappa shape index (κ1) is 27.2. The normalized spacial score (nSPS) is 21.3. The molecule has 2 N–H and O–H groups in total. The van der Waals surface area contributed by atoms with Crippen LogP contribution in [0.5, 0.6) is 5.75 Å². The molecule has 2 amide bonds. The summed E-state index contributed by atoms with van der Waals surface area (Å²) >= 11 is 0. The van der Waals surface area contributed by atoms with E-state index in [9.17, 15) is 14.7 Å². The fraction of sp³-hybridized carbons (Fsp3) is 0.586. The Morgan fingerprint density at radius 3 is 2.69 bits per heavy atom. The van der Waals surface area contributed by atoms with E-state index >= 15 is 0 Å². The molecule has 1 saturated heterocycles. The average molecular weight is 538 g/mol. The van der Waals surface area contributed by atoms with Crippen molar-refractivity contribution in [3.63, 3.8) is 0 Å². The number of carbonyl (C=O) groups excluding carboxylic acids is 2. The summed E-state index contributed by atoms with van der Waals surface area (Å²) in [5, 5.41) is 13.5. The molecule has 1 aliphatic carbocycles. The molecule has 3 heterocycles.